The zero-order valence-electron chi connectivity index (χ0n) is 11.2. The van der Waals surface area contributed by atoms with Crippen LogP contribution in [0.5, 0.6) is 0 Å². The number of nitrogens with zero attached hydrogens (tertiary/aromatic N) is 2. The van der Waals surface area contributed by atoms with Crippen LogP contribution in [0.15, 0.2) is 11.6 Å². The van der Waals surface area contributed by atoms with E-state index < -0.39 is 12.2 Å². The highest BCUT2D eigenvalue weighted by Crippen LogP contribution is 2.11. The molecule has 0 fully saturated rings. The molecule has 0 aliphatic rings. The SMILES string of the molecule is [2H]C(=[N+]=[N-])C(=O)OCCC(C)CCC=C(C)C. The van der Waals surface area contributed by atoms with Gasteiger partial charge in [0, 0.05) is 0 Å². The highest BCUT2D eigenvalue weighted by atomic mass is 16.5. The van der Waals surface area contributed by atoms with E-state index in [1.807, 2.05) is 0 Å². The van der Waals surface area contributed by atoms with Crippen LogP contribution in [0.2, 0.25) is 0 Å². The number of carbonyl (C=O) groups excluding carboxylic acids is 1. The average Bonchev–Trinajstić information content (AvgIpc) is 2.27. The van der Waals surface area contributed by atoms with E-state index in [1.165, 1.54) is 5.57 Å². The van der Waals surface area contributed by atoms with E-state index in [0.717, 1.165) is 19.3 Å². The third kappa shape index (κ3) is 9.16. The Balaban J connectivity index is 3.71. The van der Waals surface area contributed by atoms with Gasteiger partial charge in [-0.3, -0.25) is 0 Å². The second-order valence-electron chi connectivity index (χ2n) is 4.10. The molecule has 0 saturated heterocycles. The first kappa shape index (κ1) is 12.7. The van der Waals surface area contributed by atoms with Crippen molar-refractivity contribution in [1.82, 2.24) is 0 Å². The second kappa shape index (κ2) is 8.86. The Hall–Kier alpha value is -1.41. The molecule has 0 aliphatic carbocycles. The summed E-state index contributed by atoms with van der Waals surface area (Å²) in [6, 6.07) is 0. The molecule has 0 amide bonds. The van der Waals surface area contributed by atoms with Crippen molar-refractivity contribution in [2.45, 2.75) is 40.0 Å². The molecule has 1 atom stereocenters. The van der Waals surface area contributed by atoms with Crippen LogP contribution in [0.1, 0.15) is 41.4 Å². The predicted molar refractivity (Wildman–Crippen MR) is 63.1 cm³/mol. The summed E-state index contributed by atoms with van der Waals surface area (Å²) in [5.74, 6) is -0.428. The Morgan fingerprint density at radius 3 is 2.81 bits per heavy atom. The standard InChI is InChI=1S/C12H20N2O2/c1-10(2)5-4-6-11(3)7-8-16-12(15)9-14-13/h5,9,11H,4,6-8H2,1-3H3/i9D. The van der Waals surface area contributed by atoms with Crippen molar-refractivity contribution in [2.75, 3.05) is 6.61 Å². The van der Waals surface area contributed by atoms with Gasteiger partial charge < -0.3 is 10.3 Å². The van der Waals surface area contributed by atoms with Crippen molar-refractivity contribution < 1.29 is 15.7 Å². The lowest BCUT2D eigenvalue weighted by atomic mass is 10.0. The fourth-order valence-corrected chi connectivity index (χ4v) is 1.23. The number of hydrogen-bond acceptors (Lipinski definition) is 2. The maximum absolute atomic E-state index is 10.9. The fraction of sp³-hybridized carbons (Fsp3) is 0.667. The van der Waals surface area contributed by atoms with E-state index in [0.29, 0.717) is 5.92 Å². The summed E-state index contributed by atoms with van der Waals surface area (Å²) in [7, 11) is 0. The monoisotopic (exact) mass is 225 g/mol. The molecule has 0 aromatic carbocycles. The van der Waals surface area contributed by atoms with Crippen LogP contribution in [0.4, 0.5) is 0 Å². The molecule has 90 valence electrons. The zero-order valence-corrected chi connectivity index (χ0v) is 10.2. The summed E-state index contributed by atoms with van der Waals surface area (Å²) in [4.78, 5) is 13.4. The van der Waals surface area contributed by atoms with Crippen molar-refractivity contribution in [3.8, 4) is 0 Å². The van der Waals surface area contributed by atoms with Gasteiger partial charge in [-0.25, -0.2) is 4.79 Å². The molecule has 16 heavy (non-hydrogen) atoms. The lowest BCUT2D eigenvalue weighted by Crippen LogP contribution is -2.09. The normalized spacial score (nSPS) is 12.1. The lowest BCUT2D eigenvalue weighted by molar-refractivity contribution is -0.139. The molecule has 0 aromatic rings. The summed E-state index contributed by atoms with van der Waals surface area (Å²) in [6.07, 6.45) is 4.25. The number of allylic oxidation sites excluding steroid dienone is 2. The van der Waals surface area contributed by atoms with Crippen LogP contribution < -0.4 is 0 Å². The van der Waals surface area contributed by atoms with Crippen molar-refractivity contribution in [1.29, 1.82) is 0 Å². The first-order valence-corrected chi connectivity index (χ1v) is 5.46. The first-order chi connectivity index (χ1) is 7.97. The molecule has 0 heterocycles. The van der Waals surface area contributed by atoms with Crippen LogP contribution in [0.3, 0.4) is 0 Å². The number of hydrogen-bond donors (Lipinski definition) is 0. The maximum Gasteiger partial charge on any atom is 0.413 e. The molecular weight excluding hydrogens is 204 g/mol. The molecule has 0 saturated carbocycles. The third-order valence-corrected chi connectivity index (χ3v) is 2.20. The van der Waals surface area contributed by atoms with Crippen LogP contribution in [-0.4, -0.2) is 23.6 Å². The lowest BCUT2D eigenvalue weighted by Gasteiger charge is -2.08. The number of esters is 1. The minimum Gasteiger partial charge on any atom is -0.457 e. The maximum atomic E-state index is 10.9. The molecule has 0 rings (SSSR count). The Morgan fingerprint density at radius 1 is 1.56 bits per heavy atom. The smallest absolute Gasteiger partial charge is 0.413 e. The van der Waals surface area contributed by atoms with E-state index >= 15 is 0 Å². The minimum atomic E-state index is -0.885. The van der Waals surface area contributed by atoms with E-state index in [-0.39, 0.29) is 6.61 Å². The zero-order chi connectivity index (χ0) is 13.3. The van der Waals surface area contributed by atoms with Gasteiger partial charge in [0.05, 0.1) is 6.61 Å². The van der Waals surface area contributed by atoms with Gasteiger partial charge in [-0.15, -0.1) is 0 Å². The fourth-order valence-electron chi connectivity index (χ4n) is 1.23. The van der Waals surface area contributed by atoms with E-state index in [9.17, 15) is 4.79 Å². The summed E-state index contributed by atoms with van der Waals surface area (Å²) in [5, 5.41) is 0. The quantitative estimate of drug-likeness (QED) is 0.220. The van der Waals surface area contributed by atoms with Gasteiger partial charge in [0.15, 0.2) is 1.37 Å². The Bertz CT molecular complexity index is 329. The summed E-state index contributed by atoms with van der Waals surface area (Å²) < 4.78 is 11.6. The van der Waals surface area contributed by atoms with Gasteiger partial charge >= 0.3 is 12.2 Å². The number of ether oxygens (including phenoxy) is 1. The largest absolute Gasteiger partial charge is 0.457 e. The van der Waals surface area contributed by atoms with Crippen LogP contribution in [0.25, 0.3) is 5.53 Å². The van der Waals surface area contributed by atoms with E-state index in [2.05, 4.69) is 31.6 Å². The molecule has 0 bridgehead atoms. The summed E-state index contributed by atoms with van der Waals surface area (Å²) in [5.41, 5.74) is 9.48. The van der Waals surface area contributed by atoms with Gasteiger partial charge in [0.1, 0.15) is 0 Å². The van der Waals surface area contributed by atoms with Crippen molar-refractivity contribution >= 4 is 12.2 Å². The van der Waals surface area contributed by atoms with Crippen molar-refractivity contribution in [3.63, 3.8) is 0 Å². The molecule has 0 aliphatic heterocycles. The van der Waals surface area contributed by atoms with Gasteiger partial charge in [-0.2, -0.15) is 4.79 Å². The highest BCUT2D eigenvalue weighted by Gasteiger charge is 2.05. The molecule has 0 N–H and O–H groups in total. The Labute approximate surface area is 98.3 Å². The molecular formula is C12H20N2O2. The van der Waals surface area contributed by atoms with Crippen molar-refractivity contribution in [2.24, 2.45) is 5.92 Å². The predicted octanol–water partition coefficient (Wildman–Crippen LogP) is 2.60. The average molecular weight is 225 g/mol. The van der Waals surface area contributed by atoms with Gasteiger partial charge in [-0.05, 0) is 39.0 Å². The van der Waals surface area contributed by atoms with Gasteiger partial charge in [-0.1, -0.05) is 18.6 Å². The molecule has 4 nitrogen and oxygen atoms in total. The van der Waals surface area contributed by atoms with Gasteiger partial charge in [0.2, 0.25) is 0 Å². The Kier molecular flexibility index (Phi) is 7.01. The molecule has 0 aromatic heterocycles. The van der Waals surface area contributed by atoms with Crippen molar-refractivity contribution in [3.05, 3.63) is 17.2 Å². The van der Waals surface area contributed by atoms with Crippen LogP contribution >= 0.6 is 0 Å². The topological polar surface area (TPSA) is 62.7 Å². The molecule has 1 unspecified atom stereocenters. The van der Waals surface area contributed by atoms with Crippen LogP contribution in [0, 0.1) is 5.92 Å². The minimum absolute atomic E-state index is 0.257. The first-order valence-electron chi connectivity index (χ1n) is 5.96. The third-order valence-electron chi connectivity index (χ3n) is 2.20. The molecule has 4 heteroatoms. The molecule has 0 spiro atoms. The molecule has 0 radical (unpaired) electrons. The Morgan fingerprint density at radius 2 is 2.25 bits per heavy atom. The number of carbonyl (C=O) groups is 1. The van der Waals surface area contributed by atoms with E-state index in [4.69, 9.17) is 11.6 Å². The van der Waals surface area contributed by atoms with E-state index in [1.54, 1.807) is 0 Å². The van der Waals surface area contributed by atoms with Crippen LogP contribution in [-0.2, 0) is 9.53 Å². The number of rotatable bonds is 7. The highest BCUT2D eigenvalue weighted by molar-refractivity contribution is 6.20. The summed E-state index contributed by atoms with van der Waals surface area (Å²) in [6.45, 7) is 6.48. The summed E-state index contributed by atoms with van der Waals surface area (Å²) >= 11 is 0. The second-order valence-corrected chi connectivity index (χ2v) is 4.10. The van der Waals surface area contributed by atoms with Gasteiger partial charge in [0.25, 0.3) is 0 Å².